The molecule has 0 aromatic carbocycles. The summed E-state index contributed by atoms with van der Waals surface area (Å²) in [5, 5.41) is 6.92. The number of furan rings is 1. The van der Waals surface area contributed by atoms with E-state index >= 15 is 0 Å². The van der Waals surface area contributed by atoms with Crippen molar-refractivity contribution in [3.63, 3.8) is 0 Å². The zero-order valence-electron chi connectivity index (χ0n) is 11.6. The summed E-state index contributed by atoms with van der Waals surface area (Å²) in [6.45, 7) is 0.687. The molecule has 1 spiro atoms. The van der Waals surface area contributed by atoms with E-state index in [9.17, 15) is 0 Å². The summed E-state index contributed by atoms with van der Waals surface area (Å²) in [6, 6.07) is 4.49. The van der Waals surface area contributed by atoms with Gasteiger partial charge in [-0.1, -0.05) is 12.8 Å². The lowest BCUT2D eigenvalue weighted by molar-refractivity contribution is 0.0867. The molecule has 0 aliphatic heterocycles. The highest BCUT2D eigenvalue weighted by Gasteiger charge is 2.48. The summed E-state index contributed by atoms with van der Waals surface area (Å²) >= 11 is 0. The van der Waals surface area contributed by atoms with Gasteiger partial charge in [-0.3, -0.25) is 4.99 Å². The number of nitrogens with one attached hydrogen (secondary N) is 2. The van der Waals surface area contributed by atoms with Crippen molar-refractivity contribution in [1.82, 2.24) is 10.6 Å². The lowest BCUT2D eigenvalue weighted by atomic mass is 9.63. The number of rotatable bonds is 3. The Morgan fingerprint density at radius 1 is 1.42 bits per heavy atom. The Kier molecular flexibility index (Phi) is 3.49. The third-order valence-electron chi connectivity index (χ3n) is 4.81. The molecule has 0 amide bonds. The van der Waals surface area contributed by atoms with Gasteiger partial charge in [0, 0.05) is 13.1 Å². The molecule has 3 rings (SSSR count). The summed E-state index contributed by atoms with van der Waals surface area (Å²) in [5.74, 6) is 1.83. The van der Waals surface area contributed by atoms with Crippen molar-refractivity contribution in [2.45, 2.75) is 51.1 Å². The molecule has 19 heavy (non-hydrogen) atoms. The number of aliphatic imine (C=N–C) groups is 1. The van der Waals surface area contributed by atoms with Gasteiger partial charge in [0.1, 0.15) is 5.76 Å². The molecular weight excluding hydrogens is 238 g/mol. The fraction of sp³-hybridized carbons (Fsp3) is 0.667. The van der Waals surface area contributed by atoms with Gasteiger partial charge in [-0.05, 0) is 43.2 Å². The number of hydrogen-bond donors (Lipinski definition) is 2. The van der Waals surface area contributed by atoms with Gasteiger partial charge in [0.2, 0.25) is 0 Å². The van der Waals surface area contributed by atoms with Crippen molar-refractivity contribution in [3.8, 4) is 0 Å². The molecule has 2 N–H and O–H groups in total. The number of nitrogens with zero attached hydrogens (tertiary/aromatic N) is 1. The molecule has 1 atom stereocenters. The van der Waals surface area contributed by atoms with Gasteiger partial charge in [0.05, 0.1) is 12.8 Å². The van der Waals surface area contributed by atoms with Crippen molar-refractivity contribution >= 4 is 5.96 Å². The highest BCUT2D eigenvalue weighted by Crippen LogP contribution is 2.53. The molecule has 2 aliphatic carbocycles. The minimum atomic E-state index is 0.572. The summed E-state index contributed by atoms with van der Waals surface area (Å²) in [5.41, 5.74) is 0.572. The highest BCUT2D eigenvalue weighted by molar-refractivity contribution is 5.80. The van der Waals surface area contributed by atoms with Crippen molar-refractivity contribution in [2.75, 3.05) is 7.05 Å². The Balaban J connectivity index is 1.53. The topological polar surface area (TPSA) is 49.6 Å². The molecular formula is C15H23N3O. The molecule has 2 saturated carbocycles. The monoisotopic (exact) mass is 261 g/mol. The van der Waals surface area contributed by atoms with E-state index in [0.29, 0.717) is 18.0 Å². The summed E-state index contributed by atoms with van der Waals surface area (Å²) in [6.07, 6.45) is 9.95. The third-order valence-corrected chi connectivity index (χ3v) is 4.81. The zero-order chi connectivity index (χ0) is 13.1. The molecule has 2 fully saturated rings. The first-order valence-electron chi connectivity index (χ1n) is 7.32. The van der Waals surface area contributed by atoms with E-state index in [1.165, 1.54) is 38.5 Å². The van der Waals surface area contributed by atoms with Crippen LogP contribution in [-0.2, 0) is 6.54 Å². The molecule has 4 heteroatoms. The molecule has 0 saturated heterocycles. The van der Waals surface area contributed by atoms with Gasteiger partial charge in [-0.2, -0.15) is 0 Å². The molecule has 1 heterocycles. The van der Waals surface area contributed by atoms with Crippen LogP contribution in [0.2, 0.25) is 0 Å². The molecule has 1 aromatic rings. The maximum Gasteiger partial charge on any atom is 0.191 e. The largest absolute Gasteiger partial charge is 0.467 e. The standard InChI is InChI=1S/C15H23N3O/c1-16-14(17-11-12-5-4-10-19-12)18-13-6-9-15(13)7-2-3-8-15/h4-5,10,13H,2-3,6-9,11H2,1H3,(H2,16,17,18). The molecule has 4 nitrogen and oxygen atoms in total. The lowest BCUT2D eigenvalue weighted by Gasteiger charge is -2.48. The Labute approximate surface area is 114 Å². The minimum absolute atomic E-state index is 0.572. The first-order valence-corrected chi connectivity index (χ1v) is 7.32. The second-order valence-electron chi connectivity index (χ2n) is 5.81. The fourth-order valence-electron chi connectivity index (χ4n) is 3.54. The van der Waals surface area contributed by atoms with E-state index in [1.54, 1.807) is 6.26 Å². The fourth-order valence-corrected chi connectivity index (χ4v) is 3.54. The molecule has 1 aromatic heterocycles. The van der Waals surface area contributed by atoms with Crippen molar-refractivity contribution < 1.29 is 4.42 Å². The Morgan fingerprint density at radius 2 is 2.26 bits per heavy atom. The van der Waals surface area contributed by atoms with Crippen LogP contribution in [0, 0.1) is 5.41 Å². The molecule has 2 aliphatic rings. The quantitative estimate of drug-likeness (QED) is 0.649. The van der Waals surface area contributed by atoms with E-state index in [0.717, 1.165) is 11.7 Å². The number of hydrogen-bond acceptors (Lipinski definition) is 2. The first-order chi connectivity index (χ1) is 9.32. The normalized spacial score (nSPS) is 25.3. The average molecular weight is 261 g/mol. The second-order valence-corrected chi connectivity index (χ2v) is 5.81. The Bertz CT molecular complexity index is 432. The van der Waals surface area contributed by atoms with Crippen LogP contribution in [-0.4, -0.2) is 19.0 Å². The zero-order valence-corrected chi connectivity index (χ0v) is 11.6. The van der Waals surface area contributed by atoms with Gasteiger partial charge in [-0.15, -0.1) is 0 Å². The highest BCUT2D eigenvalue weighted by atomic mass is 16.3. The van der Waals surface area contributed by atoms with Crippen molar-refractivity contribution in [3.05, 3.63) is 24.2 Å². The van der Waals surface area contributed by atoms with E-state index in [-0.39, 0.29) is 0 Å². The SMILES string of the molecule is CN=C(NCc1ccco1)NC1CCC12CCCC2. The molecule has 0 radical (unpaired) electrons. The third kappa shape index (κ3) is 2.48. The smallest absolute Gasteiger partial charge is 0.191 e. The summed E-state index contributed by atoms with van der Waals surface area (Å²) in [7, 11) is 1.83. The molecule has 1 unspecified atom stereocenters. The van der Waals surface area contributed by atoms with Crippen LogP contribution in [0.1, 0.15) is 44.3 Å². The average Bonchev–Trinajstić information content (AvgIpc) is 3.10. The van der Waals surface area contributed by atoms with Gasteiger partial charge in [0.25, 0.3) is 0 Å². The predicted octanol–water partition coefficient (Wildman–Crippen LogP) is 2.67. The summed E-state index contributed by atoms with van der Waals surface area (Å²) < 4.78 is 5.32. The van der Waals surface area contributed by atoms with E-state index in [1.807, 2.05) is 19.2 Å². The summed E-state index contributed by atoms with van der Waals surface area (Å²) in [4.78, 5) is 4.32. The van der Waals surface area contributed by atoms with E-state index in [4.69, 9.17) is 4.42 Å². The van der Waals surface area contributed by atoms with Crippen LogP contribution in [0.5, 0.6) is 0 Å². The van der Waals surface area contributed by atoms with Gasteiger partial charge in [0.15, 0.2) is 5.96 Å². The maximum atomic E-state index is 5.32. The van der Waals surface area contributed by atoms with Crippen molar-refractivity contribution in [2.24, 2.45) is 10.4 Å². The Morgan fingerprint density at radius 3 is 2.84 bits per heavy atom. The second kappa shape index (κ2) is 5.27. The number of guanidine groups is 1. The molecule has 0 bridgehead atoms. The van der Waals surface area contributed by atoms with Crippen LogP contribution in [0.4, 0.5) is 0 Å². The molecule has 104 valence electrons. The first kappa shape index (κ1) is 12.6. The van der Waals surface area contributed by atoms with Gasteiger partial charge in [-0.25, -0.2) is 0 Å². The van der Waals surface area contributed by atoms with Crippen LogP contribution in [0.15, 0.2) is 27.8 Å². The van der Waals surface area contributed by atoms with Crippen LogP contribution in [0.25, 0.3) is 0 Å². The maximum absolute atomic E-state index is 5.32. The van der Waals surface area contributed by atoms with Crippen molar-refractivity contribution in [1.29, 1.82) is 0 Å². The van der Waals surface area contributed by atoms with E-state index in [2.05, 4.69) is 15.6 Å². The van der Waals surface area contributed by atoms with Crippen LogP contribution >= 0.6 is 0 Å². The van der Waals surface area contributed by atoms with Crippen LogP contribution < -0.4 is 10.6 Å². The van der Waals surface area contributed by atoms with E-state index < -0.39 is 0 Å². The van der Waals surface area contributed by atoms with Gasteiger partial charge < -0.3 is 15.1 Å². The van der Waals surface area contributed by atoms with Crippen LogP contribution in [0.3, 0.4) is 0 Å². The Hall–Kier alpha value is -1.45. The van der Waals surface area contributed by atoms with Gasteiger partial charge >= 0.3 is 0 Å². The predicted molar refractivity (Wildman–Crippen MR) is 76.0 cm³/mol. The lowest BCUT2D eigenvalue weighted by Crippen LogP contribution is -2.56. The minimum Gasteiger partial charge on any atom is -0.467 e.